The molecule has 4 rings (SSSR count). The fraction of sp³-hybridized carbons (Fsp3) is 0.154. The first-order valence-corrected chi connectivity index (χ1v) is 11.4. The Morgan fingerprint density at radius 1 is 0.879 bits per heavy atom. The number of rotatable bonds is 5. The van der Waals surface area contributed by atoms with E-state index in [0.29, 0.717) is 41.8 Å². The Bertz CT molecular complexity index is 1170. The van der Waals surface area contributed by atoms with Crippen LogP contribution < -0.4 is 10.2 Å². The number of carbonyl (C=O) groups excluding carboxylic acids is 2. The van der Waals surface area contributed by atoms with Crippen LogP contribution in [0.5, 0.6) is 0 Å². The molecule has 0 saturated carbocycles. The SMILES string of the molecule is O=C(N/C(=C\c1cccc(F)c1)C(=O)N1CCN(c2ccccc2)CC1)c1ccccc1Br. The van der Waals surface area contributed by atoms with E-state index in [-0.39, 0.29) is 11.6 Å². The average molecular weight is 508 g/mol. The smallest absolute Gasteiger partial charge is 0.270 e. The molecule has 0 aliphatic carbocycles. The molecule has 5 nitrogen and oxygen atoms in total. The molecule has 0 bridgehead atoms. The summed E-state index contributed by atoms with van der Waals surface area (Å²) in [6.45, 7) is 2.39. The Morgan fingerprint density at radius 2 is 1.58 bits per heavy atom. The van der Waals surface area contributed by atoms with Crippen LogP contribution in [0.3, 0.4) is 0 Å². The summed E-state index contributed by atoms with van der Waals surface area (Å²) < 4.78 is 14.4. The normalized spacial score (nSPS) is 14.2. The summed E-state index contributed by atoms with van der Waals surface area (Å²) in [4.78, 5) is 30.3. The minimum Gasteiger partial charge on any atom is -0.368 e. The zero-order valence-corrected chi connectivity index (χ0v) is 19.5. The number of anilines is 1. The molecule has 7 heteroatoms. The van der Waals surface area contributed by atoms with E-state index in [1.807, 2.05) is 36.4 Å². The molecule has 0 aromatic heterocycles. The molecule has 168 valence electrons. The van der Waals surface area contributed by atoms with Crippen molar-refractivity contribution in [2.75, 3.05) is 31.1 Å². The van der Waals surface area contributed by atoms with Gasteiger partial charge in [0, 0.05) is 36.3 Å². The topological polar surface area (TPSA) is 52.7 Å². The van der Waals surface area contributed by atoms with E-state index in [0.717, 1.165) is 5.69 Å². The van der Waals surface area contributed by atoms with Crippen molar-refractivity contribution in [2.45, 2.75) is 0 Å². The monoisotopic (exact) mass is 507 g/mol. The van der Waals surface area contributed by atoms with Crippen LogP contribution in [-0.4, -0.2) is 42.9 Å². The fourth-order valence-electron chi connectivity index (χ4n) is 3.73. The summed E-state index contributed by atoms with van der Waals surface area (Å²) >= 11 is 3.37. The first-order chi connectivity index (χ1) is 16.0. The van der Waals surface area contributed by atoms with E-state index in [4.69, 9.17) is 0 Å². The molecule has 0 unspecified atom stereocenters. The standard InChI is InChI=1S/C26H23BrFN3O2/c27-23-12-5-4-11-22(23)25(32)29-24(18-19-7-6-8-20(28)17-19)26(33)31-15-13-30(14-16-31)21-9-2-1-3-10-21/h1-12,17-18H,13-16H2,(H,29,32)/b24-18-. The number of hydrogen-bond donors (Lipinski definition) is 1. The molecular weight excluding hydrogens is 485 g/mol. The van der Waals surface area contributed by atoms with Crippen molar-refractivity contribution in [3.63, 3.8) is 0 Å². The van der Waals surface area contributed by atoms with Crippen molar-refractivity contribution in [3.8, 4) is 0 Å². The number of halogens is 2. The molecule has 1 saturated heterocycles. The highest BCUT2D eigenvalue weighted by Gasteiger charge is 2.25. The number of para-hydroxylation sites is 1. The number of benzene rings is 3. The fourth-order valence-corrected chi connectivity index (χ4v) is 4.19. The van der Waals surface area contributed by atoms with Crippen LogP contribution in [0, 0.1) is 5.82 Å². The van der Waals surface area contributed by atoms with Gasteiger partial charge in [-0.15, -0.1) is 0 Å². The molecule has 1 heterocycles. The zero-order valence-electron chi connectivity index (χ0n) is 17.9. The summed E-state index contributed by atoms with van der Waals surface area (Å²) in [5, 5.41) is 2.75. The summed E-state index contributed by atoms with van der Waals surface area (Å²) in [5.74, 6) is -1.13. The van der Waals surface area contributed by atoms with Crippen molar-refractivity contribution in [2.24, 2.45) is 0 Å². The molecule has 33 heavy (non-hydrogen) atoms. The van der Waals surface area contributed by atoms with Crippen molar-refractivity contribution < 1.29 is 14.0 Å². The molecule has 0 atom stereocenters. The van der Waals surface area contributed by atoms with E-state index in [1.54, 1.807) is 35.2 Å². The molecule has 1 aliphatic heterocycles. The van der Waals surface area contributed by atoms with Gasteiger partial charge >= 0.3 is 0 Å². The highest BCUT2D eigenvalue weighted by molar-refractivity contribution is 9.10. The molecular formula is C26H23BrFN3O2. The molecule has 2 amide bonds. The van der Waals surface area contributed by atoms with Crippen LogP contribution in [0.25, 0.3) is 6.08 Å². The Balaban J connectivity index is 1.55. The third-order valence-electron chi connectivity index (χ3n) is 5.44. The molecule has 0 radical (unpaired) electrons. The van der Waals surface area contributed by atoms with Crippen molar-refractivity contribution in [1.29, 1.82) is 0 Å². The number of carbonyl (C=O) groups is 2. The Hall–Kier alpha value is -3.45. The highest BCUT2D eigenvalue weighted by Crippen LogP contribution is 2.19. The zero-order chi connectivity index (χ0) is 23.2. The largest absolute Gasteiger partial charge is 0.368 e. The second-order valence-electron chi connectivity index (χ2n) is 7.66. The van der Waals surface area contributed by atoms with Crippen LogP contribution in [0.2, 0.25) is 0 Å². The number of nitrogens with zero attached hydrogens (tertiary/aromatic N) is 2. The van der Waals surface area contributed by atoms with E-state index in [2.05, 4.69) is 26.1 Å². The number of amides is 2. The summed E-state index contributed by atoms with van der Waals surface area (Å²) in [6, 6.07) is 22.9. The van der Waals surface area contributed by atoms with Crippen LogP contribution >= 0.6 is 15.9 Å². The Labute approximate surface area is 200 Å². The highest BCUT2D eigenvalue weighted by atomic mass is 79.9. The van der Waals surface area contributed by atoms with Gasteiger partial charge in [-0.3, -0.25) is 9.59 Å². The third-order valence-corrected chi connectivity index (χ3v) is 6.14. The van der Waals surface area contributed by atoms with Gasteiger partial charge < -0.3 is 15.1 Å². The van der Waals surface area contributed by atoms with E-state index >= 15 is 0 Å². The third kappa shape index (κ3) is 5.68. The summed E-state index contributed by atoms with van der Waals surface area (Å²) in [5.41, 5.74) is 2.12. The van der Waals surface area contributed by atoms with Crippen LogP contribution in [0.4, 0.5) is 10.1 Å². The van der Waals surface area contributed by atoms with Gasteiger partial charge in [0.05, 0.1) is 5.56 Å². The van der Waals surface area contributed by atoms with Gasteiger partial charge in [-0.2, -0.15) is 0 Å². The first kappa shape index (κ1) is 22.7. The van der Waals surface area contributed by atoms with Gasteiger partial charge in [-0.05, 0) is 64.0 Å². The molecule has 1 fully saturated rings. The maximum Gasteiger partial charge on any atom is 0.270 e. The Morgan fingerprint density at radius 3 is 2.27 bits per heavy atom. The molecule has 3 aromatic carbocycles. The quantitative estimate of drug-likeness (QED) is 0.509. The van der Waals surface area contributed by atoms with Gasteiger partial charge in [0.25, 0.3) is 11.8 Å². The number of hydrogen-bond acceptors (Lipinski definition) is 3. The molecule has 1 aliphatic rings. The lowest BCUT2D eigenvalue weighted by Crippen LogP contribution is -2.50. The van der Waals surface area contributed by atoms with Crippen LogP contribution in [0.1, 0.15) is 15.9 Å². The van der Waals surface area contributed by atoms with Crippen LogP contribution in [0.15, 0.2) is 89.0 Å². The Kier molecular flexibility index (Phi) is 7.19. The predicted octanol–water partition coefficient (Wildman–Crippen LogP) is 4.71. The maximum atomic E-state index is 13.7. The second-order valence-corrected chi connectivity index (χ2v) is 8.52. The second kappa shape index (κ2) is 10.4. The lowest BCUT2D eigenvalue weighted by molar-refractivity contribution is -0.127. The maximum absolute atomic E-state index is 13.7. The van der Waals surface area contributed by atoms with Crippen LogP contribution in [-0.2, 0) is 4.79 Å². The minimum absolute atomic E-state index is 0.106. The summed E-state index contributed by atoms with van der Waals surface area (Å²) in [7, 11) is 0. The minimum atomic E-state index is -0.415. The van der Waals surface area contributed by atoms with Crippen molar-refractivity contribution in [3.05, 3.63) is 106 Å². The number of piperazine rings is 1. The van der Waals surface area contributed by atoms with Gasteiger partial charge in [-0.1, -0.05) is 42.5 Å². The first-order valence-electron chi connectivity index (χ1n) is 10.6. The number of nitrogens with one attached hydrogen (secondary N) is 1. The van der Waals surface area contributed by atoms with Crippen molar-refractivity contribution >= 4 is 39.5 Å². The lowest BCUT2D eigenvalue weighted by atomic mass is 10.1. The van der Waals surface area contributed by atoms with Gasteiger partial charge in [0.1, 0.15) is 11.5 Å². The van der Waals surface area contributed by atoms with Crippen molar-refractivity contribution in [1.82, 2.24) is 10.2 Å². The molecule has 0 spiro atoms. The molecule has 1 N–H and O–H groups in total. The van der Waals surface area contributed by atoms with E-state index in [1.165, 1.54) is 18.2 Å². The predicted molar refractivity (Wildman–Crippen MR) is 131 cm³/mol. The van der Waals surface area contributed by atoms with Gasteiger partial charge in [0.2, 0.25) is 0 Å². The van der Waals surface area contributed by atoms with Gasteiger partial charge in [-0.25, -0.2) is 4.39 Å². The van der Waals surface area contributed by atoms with Gasteiger partial charge in [0.15, 0.2) is 0 Å². The average Bonchev–Trinajstić information content (AvgIpc) is 2.84. The lowest BCUT2D eigenvalue weighted by Gasteiger charge is -2.36. The summed E-state index contributed by atoms with van der Waals surface area (Å²) in [6.07, 6.45) is 1.52. The van der Waals surface area contributed by atoms with E-state index in [9.17, 15) is 14.0 Å². The molecule has 3 aromatic rings. The van der Waals surface area contributed by atoms with E-state index < -0.39 is 11.7 Å².